The van der Waals surface area contributed by atoms with Crippen LogP contribution in [0.25, 0.3) is 0 Å². The maximum atomic E-state index is 11.6. The molecule has 0 amide bonds. The number of halogens is 1. The minimum atomic E-state index is -3.18. The summed E-state index contributed by atoms with van der Waals surface area (Å²) in [6.07, 6.45) is 4.32. The van der Waals surface area contributed by atoms with Crippen molar-refractivity contribution in [3.8, 4) is 0 Å². The Labute approximate surface area is 109 Å². The normalized spacial score (nSPS) is 23.5. The van der Waals surface area contributed by atoms with Gasteiger partial charge in [-0.15, -0.1) is 11.6 Å². The molecular weight excluding hydrogens is 262 g/mol. The molecule has 0 radical (unpaired) electrons. The Morgan fingerprint density at radius 3 is 2.82 bits per heavy atom. The van der Waals surface area contributed by atoms with Crippen LogP contribution >= 0.6 is 11.6 Å². The molecule has 1 aliphatic heterocycles. The minimum absolute atomic E-state index is 0.0138. The molecule has 0 bridgehead atoms. The lowest BCUT2D eigenvalue weighted by Gasteiger charge is -2.22. The van der Waals surface area contributed by atoms with Gasteiger partial charge in [0.25, 0.3) is 0 Å². The number of ether oxygens (including phenoxy) is 1. The van der Waals surface area contributed by atoms with Gasteiger partial charge in [-0.25, -0.2) is 13.1 Å². The van der Waals surface area contributed by atoms with Crippen molar-refractivity contribution in [1.82, 2.24) is 4.72 Å². The quantitative estimate of drug-likeness (QED) is 0.724. The zero-order valence-corrected chi connectivity index (χ0v) is 11.9. The first-order valence-electron chi connectivity index (χ1n) is 6.18. The van der Waals surface area contributed by atoms with Crippen molar-refractivity contribution in [2.75, 3.05) is 24.8 Å². The van der Waals surface area contributed by atoms with Crippen LogP contribution in [0.1, 0.15) is 32.6 Å². The summed E-state index contributed by atoms with van der Waals surface area (Å²) in [5.41, 5.74) is 0. The molecule has 1 N–H and O–H groups in total. The summed E-state index contributed by atoms with van der Waals surface area (Å²) in [6, 6.07) is 0. The second kappa shape index (κ2) is 7.56. The second-order valence-corrected chi connectivity index (χ2v) is 6.87. The molecule has 0 saturated carbocycles. The summed E-state index contributed by atoms with van der Waals surface area (Å²) < 4.78 is 31.4. The maximum absolute atomic E-state index is 11.6. The van der Waals surface area contributed by atoms with E-state index in [1.165, 1.54) is 6.42 Å². The highest BCUT2D eigenvalue weighted by atomic mass is 35.5. The van der Waals surface area contributed by atoms with Gasteiger partial charge in [0.15, 0.2) is 0 Å². The second-order valence-electron chi connectivity index (χ2n) is 4.71. The zero-order chi connectivity index (χ0) is 12.7. The standard InChI is InChI=1S/C11H22ClNO3S/c1-10(8-12)9-17(14,15)13-6-5-11-4-2-3-7-16-11/h10-11,13H,2-9H2,1H3. The molecule has 6 heteroatoms. The largest absolute Gasteiger partial charge is 0.378 e. The van der Waals surface area contributed by atoms with E-state index < -0.39 is 10.0 Å². The number of rotatable bonds is 7. The highest BCUT2D eigenvalue weighted by molar-refractivity contribution is 7.89. The Morgan fingerprint density at radius 2 is 2.24 bits per heavy atom. The van der Waals surface area contributed by atoms with E-state index in [2.05, 4.69) is 4.72 Å². The molecule has 0 spiro atoms. The SMILES string of the molecule is CC(CCl)CS(=O)(=O)NCCC1CCCCO1. The molecule has 102 valence electrons. The molecule has 1 fully saturated rings. The average molecular weight is 284 g/mol. The highest BCUT2D eigenvalue weighted by Gasteiger charge is 2.17. The number of hydrogen-bond donors (Lipinski definition) is 1. The van der Waals surface area contributed by atoms with Gasteiger partial charge in [0.1, 0.15) is 0 Å². The third-order valence-electron chi connectivity index (χ3n) is 2.83. The zero-order valence-electron chi connectivity index (χ0n) is 10.3. The number of hydrogen-bond acceptors (Lipinski definition) is 3. The third kappa shape index (κ3) is 6.60. The van der Waals surface area contributed by atoms with Crippen molar-refractivity contribution in [3.63, 3.8) is 0 Å². The molecule has 1 rings (SSSR count). The smallest absolute Gasteiger partial charge is 0.211 e. The van der Waals surface area contributed by atoms with E-state index in [1.807, 2.05) is 6.92 Å². The van der Waals surface area contributed by atoms with Gasteiger partial charge in [0.05, 0.1) is 11.9 Å². The molecule has 0 aromatic rings. The maximum Gasteiger partial charge on any atom is 0.211 e. The lowest BCUT2D eigenvalue weighted by atomic mass is 10.1. The van der Waals surface area contributed by atoms with E-state index in [4.69, 9.17) is 16.3 Å². The van der Waals surface area contributed by atoms with Gasteiger partial charge in [-0.1, -0.05) is 6.92 Å². The molecule has 0 aromatic carbocycles. The predicted octanol–water partition coefficient (Wildman–Crippen LogP) is 1.74. The lowest BCUT2D eigenvalue weighted by Crippen LogP contribution is -2.33. The lowest BCUT2D eigenvalue weighted by molar-refractivity contribution is 0.0123. The van der Waals surface area contributed by atoms with Crippen LogP contribution in [0.5, 0.6) is 0 Å². The van der Waals surface area contributed by atoms with Gasteiger partial charge in [0, 0.05) is 19.0 Å². The molecule has 2 unspecified atom stereocenters. The van der Waals surface area contributed by atoms with E-state index in [0.29, 0.717) is 12.4 Å². The third-order valence-corrected chi connectivity index (χ3v) is 5.01. The Hall–Kier alpha value is 0.160. The average Bonchev–Trinajstić information content (AvgIpc) is 2.29. The fourth-order valence-corrected chi connectivity index (χ4v) is 3.54. The van der Waals surface area contributed by atoms with Crippen molar-refractivity contribution in [1.29, 1.82) is 0 Å². The van der Waals surface area contributed by atoms with Gasteiger partial charge >= 0.3 is 0 Å². The summed E-state index contributed by atoms with van der Waals surface area (Å²) >= 11 is 5.60. The van der Waals surface area contributed by atoms with E-state index in [0.717, 1.165) is 25.9 Å². The minimum Gasteiger partial charge on any atom is -0.378 e. The van der Waals surface area contributed by atoms with E-state index in [9.17, 15) is 8.42 Å². The molecule has 4 nitrogen and oxygen atoms in total. The first kappa shape index (κ1) is 15.2. The summed E-state index contributed by atoms with van der Waals surface area (Å²) in [7, 11) is -3.18. The van der Waals surface area contributed by atoms with E-state index >= 15 is 0 Å². The summed E-state index contributed by atoms with van der Waals surface area (Å²) in [6.45, 7) is 3.10. The van der Waals surface area contributed by atoms with Gasteiger partial charge in [-0.3, -0.25) is 0 Å². The number of alkyl halides is 1. The number of nitrogens with one attached hydrogen (secondary N) is 1. The molecule has 1 saturated heterocycles. The van der Waals surface area contributed by atoms with Crippen LogP contribution < -0.4 is 4.72 Å². The number of sulfonamides is 1. The topological polar surface area (TPSA) is 55.4 Å². The van der Waals surface area contributed by atoms with Crippen molar-refractivity contribution >= 4 is 21.6 Å². The molecule has 2 atom stereocenters. The van der Waals surface area contributed by atoms with Crippen LogP contribution in [0.15, 0.2) is 0 Å². The fourth-order valence-electron chi connectivity index (χ4n) is 1.89. The van der Waals surface area contributed by atoms with Crippen molar-refractivity contribution in [3.05, 3.63) is 0 Å². The van der Waals surface area contributed by atoms with Crippen LogP contribution in [0, 0.1) is 5.92 Å². The van der Waals surface area contributed by atoms with Gasteiger partial charge in [-0.2, -0.15) is 0 Å². The summed E-state index contributed by atoms with van der Waals surface area (Å²) in [5, 5.41) is 0. The Bertz CT molecular complexity index is 302. The molecule has 0 aromatic heterocycles. The molecule has 17 heavy (non-hydrogen) atoms. The Kier molecular flexibility index (Phi) is 6.77. The molecule has 0 aliphatic carbocycles. The van der Waals surface area contributed by atoms with Crippen molar-refractivity contribution in [2.45, 2.75) is 38.7 Å². The van der Waals surface area contributed by atoms with E-state index in [1.54, 1.807) is 0 Å². The van der Waals surface area contributed by atoms with Crippen LogP contribution in [-0.4, -0.2) is 39.3 Å². The first-order chi connectivity index (χ1) is 8.03. The highest BCUT2D eigenvalue weighted by Crippen LogP contribution is 2.15. The van der Waals surface area contributed by atoms with Gasteiger partial charge in [-0.05, 0) is 31.6 Å². The Morgan fingerprint density at radius 1 is 1.47 bits per heavy atom. The van der Waals surface area contributed by atoms with Crippen molar-refractivity contribution < 1.29 is 13.2 Å². The van der Waals surface area contributed by atoms with Crippen molar-refractivity contribution in [2.24, 2.45) is 5.92 Å². The van der Waals surface area contributed by atoms with Crippen LogP contribution in [0.2, 0.25) is 0 Å². The Balaban J connectivity index is 2.20. The molecular formula is C11H22ClNO3S. The van der Waals surface area contributed by atoms with E-state index in [-0.39, 0.29) is 17.8 Å². The molecule has 1 heterocycles. The van der Waals surface area contributed by atoms with Gasteiger partial charge < -0.3 is 4.74 Å². The summed E-state index contributed by atoms with van der Waals surface area (Å²) in [5.74, 6) is 0.453. The van der Waals surface area contributed by atoms with Crippen LogP contribution in [0.4, 0.5) is 0 Å². The molecule has 1 aliphatic rings. The predicted molar refractivity (Wildman–Crippen MR) is 69.9 cm³/mol. The van der Waals surface area contributed by atoms with Gasteiger partial charge in [0.2, 0.25) is 10.0 Å². The fraction of sp³-hybridized carbons (Fsp3) is 1.00. The first-order valence-corrected chi connectivity index (χ1v) is 8.37. The summed E-state index contributed by atoms with van der Waals surface area (Å²) in [4.78, 5) is 0. The van der Waals surface area contributed by atoms with Crippen LogP contribution in [-0.2, 0) is 14.8 Å². The monoisotopic (exact) mass is 283 g/mol. The van der Waals surface area contributed by atoms with Crippen LogP contribution in [0.3, 0.4) is 0 Å².